The third kappa shape index (κ3) is 7.94. The van der Waals surface area contributed by atoms with Gasteiger partial charge in [-0.25, -0.2) is 5.43 Å². The molecule has 3 aromatic rings. The van der Waals surface area contributed by atoms with Crippen LogP contribution in [0, 0.1) is 6.92 Å². The minimum Gasteiger partial charge on any atom is -0.489 e. The molecule has 0 radical (unpaired) electrons. The average Bonchev–Trinajstić information content (AvgIpc) is 2.77. The number of rotatable bonds is 9. The van der Waals surface area contributed by atoms with Crippen LogP contribution in [-0.4, -0.2) is 17.9 Å². The van der Waals surface area contributed by atoms with Crippen LogP contribution in [0.3, 0.4) is 0 Å². The van der Waals surface area contributed by atoms with Crippen molar-refractivity contribution >= 4 is 47.1 Å². The molecule has 0 heterocycles. The van der Waals surface area contributed by atoms with Gasteiger partial charge in [-0.05, 0) is 66.6 Å². The van der Waals surface area contributed by atoms with Crippen LogP contribution in [0.4, 0.5) is 0 Å². The number of nitrogens with one attached hydrogen (secondary N) is 1. The van der Waals surface area contributed by atoms with E-state index >= 15 is 0 Å². The molecule has 4 nitrogen and oxygen atoms in total. The van der Waals surface area contributed by atoms with Gasteiger partial charge in [-0.15, -0.1) is 11.8 Å². The van der Waals surface area contributed by atoms with Crippen molar-refractivity contribution < 1.29 is 9.53 Å². The molecule has 31 heavy (non-hydrogen) atoms. The molecule has 3 aromatic carbocycles. The summed E-state index contributed by atoms with van der Waals surface area (Å²) in [5.41, 5.74) is 5.58. The predicted molar refractivity (Wildman–Crippen MR) is 129 cm³/mol. The summed E-state index contributed by atoms with van der Waals surface area (Å²) in [6.07, 6.45) is 2.01. The van der Waals surface area contributed by atoms with Gasteiger partial charge in [0.25, 0.3) is 0 Å². The van der Waals surface area contributed by atoms with Crippen molar-refractivity contribution in [3.63, 3.8) is 0 Å². The van der Waals surface area contributed by atoms with E-state index in [0.29, 0.717) is 28.8 Å². The molecule has 0 aliphatic heterocycles. The monoisotopic (exact) mass is 472 g/mol. The van der Waals surface area contributed by atoms with Crippen LogP contribution in [0.25, 0.3) is 0 Å². The van der Waals surface area contributed by atoms with Gasteiger partial charge in [-0.2, -0.15) is 5.10 Å². The normalized spacial score (nSPS) is 10.9. The summed E-state index contributed by atoms with van der Waals surface area (Å²) >= 11 is 13.6. The lowest BCUT2D eigenvalue weighted by Gasteiger charge is -2.07. The Balaban J connectivity index is 1.38. The van der Waals surface area contributed by atoms with E-state index in [1.165, 1.54) is 5.56 Å². The molecule has 0 saturated carbocycles. The molecule has 0 unspecified atom stereocenters. The number of amides is 1. The fraction of sp³-hybridized carbons (Fsp3) is 0.167. The van der Waals surface area contributed by atoms with Gasteiger partial charge in [0, 0.05) is 17.1 Å². The molecule has 0 aliphatic rings. The Morgan fingerprint density at radius 3 is 2.48 bits per heavy atom. The topological polar surface area (TPSA) is 50.7 Å². The quantitative estimate of drug-likeness (QED) is 0.219. The van der Waals surface area contributed by atoms with Gasteiger partial charge in [-0.3, -0.25) is 4.79 Å². The minimum atomic E-state index is -0.113. The Morgan fingerprint density at radius 1 is 1.03 bits per heavy atom. The zero-order valence-corrected chi connectivity index (χ0v) is 19.3. The highest BCUT2D eigenvalue weighted by Crippen LogP contribution is 2.23. The lowest BCUT2D eigenvalue weighted by atomic mass is 10.2. The third-order valence-electron chi connectivity index (χ3n) is 4.29. The summed E-state index contributed by atoms with van der Waals surface area (Å²) in [4.78, 5) is 13.1. The van der Waals surface area contributed by atoms with Crippen molar-refractivity contribution in [2.75, 3.05) is 5.75 Å². The van der Waals surface area contributed by atoms with Gasteiger partial charge in [-0.1, -0.05) is 47.0 Å². The number of halogens is 2. The number of hydrogen-bond acceptors (Lipinski definition) is 4. The first-order chi connectivity index (χ1) is 15.0. The summed E-state index contributed by atoms with van der Waals surface area (Å²) in [7, 11) is 0. The standard InChI is InChI=1S/C24H22Cl2N2O2S/c1-17-2-9-21(10-3-17)31-13-12-24(29)28-27-15-18-4-7-20(8-5-18)30-16-19-6-11-22(25)23(26)14-19/h2-11,14-15H,12-13,16H2,1H3,(H,28,29)/b27-15-. The second-order valence-corrected chi connectivity index (χ2v) is 8.79. The average molecular weight is 473 g/mol. The number of carbonyl (C=O) groups is 1. The van der Waals surface area contributed by atoms with Crippen LogP contribution < -0.4 is 10.2 Å². The Kier molecular flexibility index (Phi) is 8.83. The number of hydrogen-bond donors (Lipinski definition) is 1. The smallest absolute Gasteiger partial charge is 0.240 e. The van der Waals surface area contributed by atoms with Crippen molar-refractivity contribution in [1.29, 1.82) is 0 Å². The molecule has 0 bridgehead atoms. The van der Waals surface area contributed by atoms with E-state index in [1.807, 2.05) is 30.3 Å². The van der Waals surface area contributed by atoms with Crippen LogP contribution in [0.1, 0.15) is 23.1 Å². The summed E-state index contributed by atoms with van der Waals surface area (Å²) in [5, 5.41) is 5.04. The van der Waals surface area contributed by atoms with Crippen molar-refractivity contribution in [3.05, 3.63) is 93.5 Å². The van der Waals surface area contributed by atoms with E-state index in [0.717, 1.165) is 21.8 Å². The second kappa shape index (κ2) is 11.8. The number of aryl methyl sites for hydroxylation is 1. The van der Waals surface area contributed by atoms with Gasteiger partial charge >= 0.3 is 0 Å². The van der Waals surface area contributed by atoms with Gasteiger partial charge < -0.3 is 4.74 Å². The lowest BCUT2D eigenvalue weighted by Crippen LogP contribution is -2.17. The maximum Gasteiger partial charge on any atom is 0.240 e. The predicted octanol–water partition coefficient (Wildman–Crippen LogP) is 6.51. The summed E-state index contributed by atoms with van der Waals surface area (Å²) in [6, 6.07) is 21.1. The van der Waals surface area contributed by atoms with Gasteiger partial charge in [0.05, 0.1) is 16.3 Å². The number of benzene rings is 3. The molecule has 3 rings (SSSR count). The molecule has 160 valence electrons. The van der Waals surface area contributed by atoms with E-state index in [2.05, 4.69) is 41.7 Å². The Morgan fingerprint density at radius 2 is 1.77 bits per heavy atom. The van der Waals surface area contributed by atoms with Gasteiger partial charge in [0.15, 0.2) is 0 Å². The molecule has 0 spiro atoms. The fourth-order valence-electron chi connectivity index (χ4n) is 2.58. The largest absolute Gasteiger partial charge is 0.489 e. The van der Waals surface area contributed by atoms with Crippen LogP contribution in [0.2, 0.25) is 10.0 Å². The first-order valence-corrected chi connectivity index (χ1v) is 11.4. The molecule has 0 atom stereocenters. The van der Waals surface area contributed by atoms with Crippen LogP contribution in [0.15, 0.2) is 76.7 Å². The third-order valence-corrected chi connectivity index (χ3v) is 6.04. The Hall–Kier alpha value is -2.47. The van der Waals surface area contributed by atoms with Crippen LogP contribution >= 0.6 is 35.0 Å². The summed E-state index contributed by atoms with van der Waals surface area (Å²) in [5.74, 6) is 1.31. The number of thioether (sulfide) groups is 1. The van der Waals surface area contributed by atoms with Crippen molar-refractivity contribution in [3.8, 4) is 5.75 Å². The maximum atomic E-state index is 11.9. The molecule has 1 amide bonds. The molecule has 0 fully saturated rings. The number of carbonyl (C=O) groups excluding carboxylic acids is 1. The zero-order valence-electron chi connectivity index (χ0n) is 17.0. The second-order valence-electron chi connectivity index (χ2n) is 6.81. The summed E-state index contributed by atoms with van der Waals surface area (Å²) in [6.45, 7) is 2.44. The van der Waals surface area contributed by atoms with Crippen LogP contribution in [0.5, 0.6) is 5.75 Å². The van der Waals surface area contributed by atoms with Gasteiger partial charge in [0.2, 0.25) is 5.91 Å². The lowest BCUT2D eigenvalue weighted by molar-refractivity contribution is -0.120. The van der Waals surface area contributed by atoms with Crippen molar-refractivity contribution in [2.45, 2.75) is 24.8 Å². The minimum absolute atomic E-state index is 0.113. The number of ether oxygens (including phenoxy) is 1. The van der Waals surface area contributed by atoms with E-state index < -0.39 is 0 Å². The molecule has 0 aromatic heterocycles. The molecule has 7 heteroatoms. The zero-order chi connectivity index (χ0) is 22.1. The molecule has 1 N–H and O–H groups in total. The van der Waals surface area contributed by atoms with E-state index in [1.54, 1.807) is 30.1 Å². The first kappa shape index (κ1) is 23.2. The van der Waals surface area contributed by atoms with Gasteiger partial charge in [0.1, 0.15) is 12.4 Å². The SMILES string of the molecule is Cc1ccc(SCCC(=O)N/N=C\c2ccc(OCc3ccc(Cl)c(Cl)c3)cc2)cc1. The first-order valence-electron chi connectivity index (χ1n) is 9.68. The van der Waals surface area contributed by atoms with Crippen molar-refractivity contribution in [2.24, 2.45) is 5.10 Å². The fourth-order valence-corrected chi connectivity index (χ4v) is 3.75. The molecule has 0 saturated heterocycles. The van der Waals surface area contributed by atoms with Crippen LogP contribution in [-0.2, 0) is 11.4 Å². The number of nitrogens with zero attached hydrogens (tertiary/aromatic N) is 1. The highest BCUT2D eigenvalue weighted by molar-refractivity contribution is 7.99. The van der Waals surface area contributed by atoms with E-state index in [4.69, 9.17) is 27.9 Å². The molecular weight excluding hydrogens is 451 g/mol. The van der Waals surface area contributed by atoms with E-state index in [-0.39, 0.29) is 5.91 Å². The maximum absolute atomic E-state index is 11.9. The summed E-state index contributed by atoms with van der Waals surface area (Å²) < 4.78 is 5.75. The van der Waals surface area contributed by atoms with Crippen molar-refractivity contribution in [1.82, 2.24) is 5.43 Å². The number of hydrazone groups is 1. The molecular formula is C24H22Cl2N2O2S. The Labute approximate surface area is 196 Å². The highest BCUT2D eigenvalue weighted by atomic mass is 35.5. The highest BCUT2D eigenvalue weighted by Gasteiger charge is 2.02. The Bertz CT molecular complexity index is 1040. The molecule has 0 aliphatic carbocycles. The van der Waals surface area contributed by atoms with E-state index in [9.17, 15) is 4.79 Å².